The average molecular weight is 341 g/mol. The molecule has 0 saturated heterocycles. The predicted molar refractivity (Wildman–Crippen MR) is 96.3 cm³/mol. The molecule has 0 aliphatic heterocycles. The summed E-state index contributed by atoms with van der Waals surface area (Å²) in [5.41, 5.74) is 0. The molecule has 0 amide bonds. The van der Waals surface area contributed by atoms with E-state index in [2.05, 4.69) is 13.8 Å². The summed E-state index contributed by atoms with van der Waals surface area (Å²) >= 11 is 13.5. The zero-order chi connectivity index (χ0) is 14.7. The Morgan fingerprint density at radius 3 is 1.53 bits per heavy atom. The van der Waals surface area contributed by atoms with Crippen molar-refractivity contribution in [1.29, 1.82) is 0 Å². The Labute approximate surface area is 136 Å². The molecule has 2 nitrogen and oxygen atoms in total. The van der Waals surface area contributed by atoms with Crippen LogP contribution in [0, 0.1) is 0 Å². The first-order chi connectivity index (χ1) is 9.03. The third-order valence-corrected chi connectivity index (χ3v) is 6.21. The van der Waals surface area contributed by atoms with Gasteiger partial charge in [-0.15, -0.1) is 0 Å². The molecule has 0 aliphatic rings. The van der Waals surface area contributed by atoms with Crippen LogP contribution in [0.4, 0.5) is 0 Å². The van der Waals surface area contributed by atoms with Gasteiger partial charge >= 0.3 is 0 Å². The van der Waals surface area contributed by atoms with Gasteiger partial charge in [-0.25, -0.2) is 0 Å². The second kappa shape index (κ2) is 11.5. The summed E-state index contributed by atoms with van der Waals surface area (Å²) in [5, 5.41) is 18.4. The van der Waals surface area contributed by atoms with Gasteiger partial charge in [0, 0.05) is 0 Å². The second-order valence-electron chi connectivity index (χ2n) is 4.38. The summed E-state index contributed by atoms with van der Waals surface area (Å²) in [6.45, 7) is 4.17. The lowest BCUT2D eigenvalue weighted by atomic mass is 10.1. The van der Waals surface area contributed by atoms with Gasteiger partial charge in [0.05, 0.1) is 25.7 Å². The molecule has 0 rings (SSSR count). The van der Waals surface area contributed by atoms with Crippen LogP contribution in [-0.2, 0) is 0 Å². The third-order valence-electron chi connectivity index (χ3n) is 2.68. The van der Waals surface area contributed by atoms with Crippen LogP contribution in [0.2, 0.25) is 0 Å². The van der Waals surface area contributed by atoms with Crippen LogP contribution in [0.5, 0.6) is 0 Å². The van der Waals surface area contributed by atoms with Crippen molar-refractivity contribution in [1.82, 2.24) is 0 Å². The van der Waals surface area contributed by atoms with Crippen LogP contribution in [0.1, 0.15) is 52.4 Å². The Morgan fingerprint density at radius 1 is 0.895 bits per heavy atom. The molecule has 0 fully saturated rings. The van der Waals surface area contributed by atoms with Gasteiger partial charge < -0.3 is 10.2 Å². The molecule has 0 aromatic carbocycles. The first-order valence-corrected chi connectivity index (χ1v) is 9.14. The third kappa shape index (κ3) is 8.63. The molecule has 0 heterocycles. The SMILES string of the molecule is CCCCC(CCCC)(SC(=S)CO)SC(=S)CO. The Morgan fingerprint density at radius 2 is 1.26 bits per heavy atom. The van der Waals surface area contributed by atoms with E-state index in [0.29, 0.717) is 8.39 Å². The highest BCUT2D eigenvalue weighted by Gasteiger charge is 2.33. The zero-order valence-electron chi connectivity index (χ0n) is 11.7. The maximum absolute atomic E-state index is 9.19. The molecule has 0 spiro atoms. The van der Waals surface area contributed by atoms with E-state index in [-0.39, 0.29) is 17.3 Å². The minimum absolute atomic E-state index is 0.0769. The number of hydrogen-bond acceptors (Lipinski definition) is 6. The average Bonchev–Trinajstić information content (AvgIpc) is 2.42. The molecule has 0 saturated carbocycles. The smallest absolute Gasteiger partial charge is 0.0843 e. The molecular formula is C13H24O2S4. The molecule has 0 unspecified atom stereocenters. The molecular weight excluding hydrogens is 316 g/mol. The van der Waals surface area contributed by atoms with Crippen LogP contribution in [-0.4, -0.2) is 35.9 Å². The highest BCUT2D eigenvalue weighted by atomic mass is 32.2. The van der Waals surface area contributed by atoms with E-state index in [1.807, 2.05) is 0 Å². The number of hydrogen-bond donors (Lipinski definition) is 2. The van der Waals surface area contributed by atoms with E-state index in [9.17, 15) is 10.2 Å². The lowest BCUT2D eigenvalue weighted by Crippen LogP contribution is -2.25. The summed E-state index contributed by atoms with van der Waals surface area (Å²) in [6.07, 6.45) is 6.44. The van der Waals surface area contributed by atoms with Crippen LogP contribution < -0.4 is 0 Å². The van der Waals surface area contributed by atoms with Gasteiger partial charge in [-0.2, -0.15) is 0 Å². The van der Waals surface area contributed by atoms with Gasteiger partial charge in [0.25, 0.3) is 0 Å². The maximum atomic E-state index is 9.19. The predicted octanol–water partition coefficient (Wildman–Crippen LogP) is 4.17. The normalized spacial score (nSPS) is 11.6. The van der Waals surface area contributed by atoms with Crippen molar-refractivity contribution in [2.75, 3.05) is 13.2 Å². The molecule has 0 atom stereocenters. The molecule has 19 heavy (non-hydrogen) atoms. The van der Waals surface area contributed by atoms with Gasteiger partial charge in [-0.05, 0) is 12.8 Å². The number of thiocarbonyl (C=S) groups is 2. The minimum atomic E-state index is -0.119. The highest BCUT2D eigenvalue weighted by molar-refractivity contribution is 8.37. The van der Waals surface area contributed by atoms with Crippen molar-refractivity contribution in [3.63, 3.8) is 0 Å². The van der Waals surface area contributed by atoms with Crippen LogP contribution in [0.3, 0.4) is 0 Å². The zero-order valence-corrected chi connectivity index (χ0v) is 15.0. The Kier molecular flexibility index (Phi) is 11.9. The number of thioether (sulfide) groups is 2. The second-order valence-corrected chi connectivity index (χ2v) is 9.10. The summed E-state index contributed by atoms with van der Waals surface area (Å²) < 4.78 is 1.10. The molecule has 6 heteroatoms. The maximum Gasteiger partial charge on any atom is 0.0843 e. The molecule has 2 N–H and O–H groups in total. The fourth-order valence-corrected chi connectivity index (χ4v) is 5.71. The van der Waals surface area contributed by atoms with Crippen LogP contribution >= 0.6 is 48.0 Å². The highest BCUT2D eigenvalue weighted by Crippen LogP contribution is 2.47. The van der Waals surface area contributed by atoms with Gasteiger partial charge in [0.1, 0.15) is 0 Å². The van der Waals surface area contributed by atoms with Crippen molar-refractivity contribution in [2.24, 2.45) is 0 Å². The number of unbranched alkanes of at least 4 members (excludes halogenated alkanes) is 2. The van der Waals surface area contributed by atoms with Gasteiger partial charge in [0.2, 0.25) is 0 Å². The van der Waals surface area contributed by atoms with E-state index in [1.54, 1.807) is 23.5 Å². The van der Waals surface area contributed by atoms with E-state index in [4.69, 9.17) is 24.4 Å². The number of aliphatic hydroxyl groups is 2. The quantitative estimate of drug-likeness (QED) is 0.459. The van der Waals surface area contributed by atoms with Crippen molar-refractivity contribution in [2.45, 2.75) is 56.5 Å². The van der Waals surface area contributed by atoms with E-state index < -0.39 is 0 Å². The fraction of sp³-hybridized carbons (Fsp3) is 0.846. The molecule has 0 aromatic heterocycles. The molecule has 0 aromatic rings. The van der Waals surface area contributed by atoms with Crippen molar-refractivity contribution < 1.29 is 10.2 Å². The Hall–Kier alpha value is 0.800. The van der Waals surface area contributed by atoms with E-state index >= 15 is 0 Å². The van der Waals surface area contributed by atoms with E-state index in [0.717, 1.165) is 38.5 Å². The topological polar surface area (TPSA) is 40.5 Å². The number of aliphatic hydroxyl groups excluding tert-OH is 2. The van der Waals surface area contributed by atoms with Crippen LogP contribution in [0.25, 0.3) is 0 Å². The van der Waals surface area contributed by atoms with Crippen molar-refractivity contribution >= 4 is 56.4 Å². The Balaban J connectivity index is 4.93. The standard InChI is InChI=1S/C13H24O2S4/c1-3-5-7-13(8-6-4-2,18-11(16)9-14)19-12(17)10-15/h14-15H,3-10H2,1-2H3. The van der Waals surface area contributed by atoms with Crippen molar-refractivity contribution in [3.8, 4) is 0 Å². The van der Waals surface area contributed by atoms with Gasteiger partial charge in [-0.1, -0.05) is 87.5 Å². The first-order valence-electron chi connectivity index (χ1n) is 6.69. The lowest BCUT2D eigenvalue weighted by molar-refractivity contribution is 0.362. The van der Waals surface area contributed by atoms with Gasteiger partial charge in [0.15, 0.2) is 0 Å². The van der Waals surface area contributed by atoms with Crippen LogP contribution in [0.15, 0.2) is 0 Å². The first kappa shape index (κ1) is 19.8. The van der Waals surface area contributed by atoms with E-state index in [1.165, 1.54) is 0 Å². The lowest BCUT2D eigenvalue weighted by Gasteiger charge is -2.32. The van der Waals surface area contributed by atoms with Crippen molar-refractivity contribution in [3.05, 3.63) is 0 Å². The largest absolute Gasteiger partial charge is 0.390 e. The summed E-state index contributed by atoms with van der Waals surface area (Å²) in [5.74, 6) is 0. The number of rotatable bonds is 10. The minimum Gasteiger partial charge on any atom is -0.390 e. The Bertz CT molecular complexity index is 254. The molecule has 0 aliphatic carbocycles. The monoisotopic (exact) mass is 340 g/mol. The fourth-order valence-electron chi connectivity index (χ4n) is 1.72. The molecule has 0 bridgehead atoms. The summed E-state index contributed by atoms with van der Waals surface area (Å²) in [7, 11) is 0. The molecule has 0 radical (unpaired) electrons. The summed E-state index contributed by atoms with van der Waals surface area (Å²) in [6, 6.07) is 0. The summed E-state index contributed by atoms with van der Waals surface area (Å²) in [4.78, 5) is 0. The van der Waals surface area contributed by atoms with Gasteiger partial charge in [-0.3, -0.25) is 0 Å². The molecule has 112 valence electrons.